The van der Waals surface area contributed by atoms with Gasteiger partial charge < -0.3 is 14.2 Å². The van der Waals surface area contributed by atoms with Crippen LogP contribution in [0.1, 0.15) is 11.1 Å². The van der Waals surface area contributed by atoms with Crippen molar-refractivity contribution < 1.29 is 19.0 Å². The molecule has 0 bridgehead atoms. The number of esters is 1. The van der Waals surface area contributed by atoms with Crippen molar-refractivity contribution >= 4 is 29.5 Å². The zero-order valence-corrected chi connectivity index (χ0v) is 13.8. The fourth-order valence-corrected chi connectivity index (χ4v) is 2.40. The van der Waals surface area contributed by atoms with E-state index in [2.05, 4.69) is 4.99 Å². The second-order valence-corrected chi connectivity index (χ2v) is 5.39. The van der Waals surface area contributed by atoms with Crippen molar-refractivity contribution in [1.29, 1.82) is 0 Å². The normalized spacial score (nSPS) is 15.2. The van der Waals surface area contributed by atoms with Gasteiger partial charge in [0.05, 0.1) is 19.8 Å². The highest BCUT2D eigenvalue weighted by Gasteiger charge is 2.26. The highest BCUT2D eigenvalue weighted by molar-refractivity contribution is 6.31. The van der Waals surface area contributed by atoms with Gasteiger partial charge >= 0.3 is 5.97 Å². The summed E-state index contributed by atoms with van der Waals surface area (Å²) in [7, 11) is 3.12. The van der Waals surface area contributed by atoms with Gasteiger partial charge in [-0.15, -0.1) is 0 Å². The molecule has 0 saturated heterocycles. The van der Waals surface area contributed by atoms with E-state index in [1.54, 1.807) is 43.5 Å². The van der Waals surface area contributed by atoms with E-state index in [-0.39, 0.29) is 11.6 Å². The van der Waals surface area contributed by atoms with Gasteiger partial charge in [-0.25, -0.2) is 9.79 Å². The van der Waals surface area contributed by atoms with Crippen LogP contribution in [0.2, 0.25) is 5.02 Å². The first-order valence-electron chi connectivity index (χ1n) is 7.11. The van der Waals surface area contributed by atoms with Gasteiger partial charge in [0, 0.05) is 5.02 Å². The Balaban J connectivity index is 1.95. The smallest absolute Gasteiger partial charge is 0.363 e. The van der Waals surface area contributed by atoms with Gasteiger partial charge in [0.15, 0.2) is 5.70 Å². The van der Waals surface area contributed by atoms with Gasteiger partial charge in [-0.1, -0.05) is 23.7 Å². The highest BCUT2D eigenvalue weighted by Crippen LogP contribution is 2.28. The number of nitrogens with zero attached hydrogens (tertiary/aromatic N) is 1. The first-order chi connectivity index (χ1) is 11.6. The fourth-order valence-electron chi connectivity index (χ4n) is 2.23. The van der Waals surface area contributed by atoms with E-state index < -0.39 is 5.97 Å². The van der Waals surface area contributed by atoms with E-state index in [1.807, 2.05) is 12.1 Å². The Kier molecular flexibility index (Phi) is 4.53. The van der Waals surface area contributed by atoms with E-state index >= 15 is 0 Å². The number of rotatable bonds is 4. The predicted molar refractivity (Wildman–Crippen MR) is 91.6 cm³/mol. The molecule has 1 aliphatic heterocycles. The van der Waals surface area contributed by atoms with Crippen LogP contribution in [0.5, 0.6) is 11.5 Å². The molecule has 2 aromatic rings. The largest absolute Gasteiger partial charge is 0.497 e. The van der Waals surface area contributed by atoms with Crippen LogP contribution in [0.3, 0.4) is 0 Å². The second kappa shape index (κ2) is 6.76. The number of hydrogen-bond donors (Lipinski definition) is 0. The summed E-state index contributed by atoms with van der Waals surface area (Å²) in [6.45, 7) is 0. The van der Waals surface area contributed by atoms with Crippen molar-refractivity contribution in [3.63, 3.8) is 0 Å². The predicted octanol–water partition coefficient (Wildman–Crippen LogP) is 3.70. The molecule has 0 amide bonds. The van der Waals surface area contributed by atoms with Gasteiger partial charge in [0.2, 0.25) is 5.90 Å². The molecule has 1 heterocycles. The maximum absolute atomic E-state index is 12.1. The molecule has 0 atom stereocenters. The molecule has 0 unspecified atom stereocenters. The topological polar surface area (TPSA) is 57.1 Å². The molecule has 3 rings (SSSR count). The van der Waals surface area contributed by atoms with Crippen LogP contribution in [0.25, 0.3) is 6.08 Å². The molecule has 5 nitrogen and oxygen atoms in total. The summed E-state index contributed by atoms with van der Waals surface area (Å²) in [5, 5.41) is 0.497. The van der Waals surface area contributed by atoms with Crippen LogP contribution < -0.4 is 9.47 Å². The molecular weight excluding hydrogens is 330 g/mol. The molecule has 0 aromatic heterocycles. The third-order valence-electron chi connectivity index (χ3n) is 3.43. The van der Waals surface area contributed by atoms with Crippen molar-refractivity contribution in [2.24, 2.45) is 4.99 Å². The minimum absolute atomic E-state index is 0.166. The molecule has 0 N–H and O–H groups in total. The Labute approximate surface area is 144 Å². The first-order valence-corrected chi connectivity index (χ1v) is 7.49. The number of aliphatic imine (C=N–C) groups is 1. The summed E-state index contributed by atoms with van der Waals surface area (Å²) in [5.74, 6) is 0.901. The second-order valence-electron chi connectivity index (χ2n) is 4.95. The molecule has 122 valence electrons. The number of halogens is 1. The van der Waals surface area contributed by atoms with E-state index in [0.29, 0.717) is 16.3 Å². The molecular formula is C18H14ClNO4. The number of carbonyl (C=O) groups is 1. The van der Waals surface area contributed by atoms with Crippen LogP contribution in [0.4, 0.5) is 0 Å². The Hall–Kier alpha value is -2.79. The summed E-state index contributed by atoms with van der Waals surface area (Å²) in [6.07, 6.45) is 1.64. The van der Waals surface area contributed by atoms with Crippen LogP contribution >= 0.6 is 11.6 Å². The number of benzene rings is 2. The molecule has 1 aliphatic rings. The lowest BCUT2D eigenvalue weighted by atomic mass is 10.2. The first kappa shape index (κ1) is 16.1. The summed E-state index contributed by atoms with van der Waals surface area (Å²) in [6, 6.07) is 12.3. The average Bonchev–Trinajstić information content (AvgIpc) is 2.96. The fraction of sp³-hybridized carbons (Fsp3) is 0.111. The lowest BCUT2D eigenvalue weighted by Gasteiger charge is -2.07. The molecule has 0 radical (unpaired) electrons. The van der Waals surface area contributed by atoms with E-state index in [4.69, 9.17) is 25.8 Å². The van der Waals surface area contributed by atoms with Crippen LogP contribution in [-0.2, 0) is 9.53 Å². The maximum atomic E-state index is 12.1. The van der Waals surface area contributed by atoms with Gasteiger partial charge in [0.1, 0.15) is 11.5 Å². The molecule has 0 fully saturated rings. The maximum Gasteiger partial charge on any atom is 0.363 e. The minimum Gasteiger partial charge on any atom is -0.497 e. The van der Waals surface area contributed by atoms with Gasteiger partial charge in [-0.05, 0) is 42.0 Å². The van der Waals surface area contributed by atoms with Crippen molar-refractivity contribution in [3.8, 4) is 11.5 Å². The van der Waals surface area contributed by atoms with Gasteiger partial charge in [0.25, 0.3) is 0 Å². The summed E-state index contributed by atoms with van der Waals surface area (Å²) < 4.78 is 15.6. The van der Waals surface area contributed by atoms with Crippen molar-refractivity contribution in [1.82, 2.24) is 0 Å². The van der Waals surface area contributed by atoms with Crippen LogP contribution in [-0.4, -0.2) is 26.1 Å². The quantitative estimate of drug-likeness (QED) is 0.627. The summed E-state index contributed by atoms with van der Waals surface area (Å²) in [4.78, 5) is 16.3. The van der Waals surface area contributed by atoms with Crippen molar-refractivity contribution in [2.75, 3.05) is 14.2 Å². The highest BCUT2D eigenvalue weighted by atomic mass is 35.5. The Bertz CT molecular complexity index is 841. The third kappa shape index (κ3) is 3.26. The van der Waals surface area contributed by atoms with Gasteiger partial charge in [-0.3, -0.25) is 0 Å². The lowest BCUT2D eigenvalue weighted by molar-refractivity contribution is -0.129. The molecule has 0 spiro atoms. The monoisotopic (exact) mass is 343 g/mol. The SMILES string of the molecule is COc1ccc(/C=C2\N=C(c3cc(Cl)ccc3OC)OC2=O)cc1. The Morgan fingerprint density at radius 2 is 1.83 bits per heavy atom. The average molecular weight is 344 g/mol. The van der Waals surface area contributed by atoms with Gasteiger partial charge in [-0.2, -0.15) is 0 Å². The summed E-state index contributed by atoms with van der Waals surface area (Å²) >= 11 is 6.01. The minimum atomic E-state index is -0.525. The Morgan fingerprint density at radius 1 is 1.08 bits per heavy atom. The van der Waals surface area contributed by atoms with Crippen molar-refractivity contribution in [3.05, 3.63) is 64.3 Å². The Morgan fingerprint density at radius 3 is 2.50 bits per heavy atom. The van der Waals surface area contributed by atoms with Crippen LogP contribution in [0, 0.1) is 0 Å². The lowest BCUT2D eigenvalue weighted by Crippen LogP contribution is -2.07. The number of methoxy groups -OCH3 is 2. The summed E-state index contributed by atoms with van der Waals surface area (Å²) in [5.41, 5.74) is 1.54. The van der Waals surface area contributed by atoms with E-state index in [0.717, 1.165) is 11.3 Å². The number of cyclic esters (lactones) is 1. The molecule has 6 heteroatoms. The standard InChI is InChI=1S/C18H14ClNO4/c1-22-13-6-3-11(4-7-13)9-15-18(21)24-17(20-15)14-10-12(19)5-8-16(14)23-2/h3-10H,1-2H3/b15-9-. The molecule has 24 heavy (non-hydrogen) atoms. The third-order valence-corrected chi connectivity index (χ3v) is 3.67. The van der Waals surface area contributed by atoms with Crippen LogP contribution in [0.15, 0.2) is 53.2 Å². The van der Waals surface area contributed by atoms with E-state index in [9.17, 15) is 4.79 Å². The number of carbonyl (C=O) groups excluding carboxylic acids is 1. The number of hydrogen-bond acceptors (Lipinski definition) is 5. The number of ether oxygens (including phenoxy) is 3. The molecule has 0 saturated carbocycles. The zero-order valence-electron chi connectivity index (χ0n) is 13.1. The zero-order chi connectivity index (χ0) is 17.1. The molecule has 2 aromatic carbocycles. The molecule has 0 aliphatic carbocycles. The van der Waals surface area contributed by atoms with E-state index in [1.165, 1.54) is 7.11 Å². The van der Waals surface area contributed by atoms with Crippen molar-refractivity contribution in [2.45, 2.75) is 0 Å².